The molecule has 0 saturated heterocycles. The number of ether oxygens (including phenoxy) is 2. The van der Waals surface area contributed by atoms with Gasteiger partial charge in [-0.15, -0.1) is 0 Å². The molecule has 8 nitrogen and oxygen atoms in total. The highest BCUT2D eigenvalue weighted by Gasteiger charge is 2.43. The van der Waals surface area contributed by atoms with Crippen molar-refractivity contribution < 1.29 is 9.47 Å². The van der Waals surface area contributed by atoms with Gasteiger partial charge in [-0.05, 0) is 68.3 Å². The summed E-state index contributed by atoms with van der Waals surface area (Å²) in [4.78, 5) is 12.7. The number of methoxy groups -OCH3 is 2. The molecule has 1 N–H and O–H groups in total. The number of aromatic nitrogens is 2. The van der Waals surface area contributed by atoms with Crippen molar-refractivity contribution in [3.05, 3.63) is 119 Å². The van der Waals surface area contributed by atoms with Crippen LogP contribution in [0.4, 0.5) is 22.9 Å². The number of fused-ring (bicyclic) bond motifs is 4. The van der Waals surface area contributed by atoms with Crippen molar-refractivity contribution in [2.45, 2.75) is 26.8 Å². The molecule has 0 saturated carbocycles. The molecule has 5 aromatic rings. The minimum atomic E-state index is -0.336. The maximum absolute atomic E-state index is 6.02. The zero-order chi connectivity index (χ0) is 29.7. The first-order valence-corrected chi connectivity index (χ1v) is 14.2. The van der Waals surface area contributed by atoms with Gasteiger partial charge in [-0.2, -0.15) is 5.10 Å². The third-order valence-electron chi connectivity index (χ3n) is 8.01. The molecule has 3 heterocycles. The average Bonchev–Trinajstić information content (AvgIpc) is 3.37. The molecule has 43 heavy (non-hydrogen) atoms. The Morgan fingerprint density at radius 2 is 1.58 bits per heavy atom. The minimum Gasteiger partial charge on any atom is -0.493 e. The van der Waals surface area contributed by atoms with E-state index in [-0.39, 0.29) is 6.04 Å². The molecule has 2 aliphatic rings. The van der Waals surface area contributed by atoms with E-state index in [4.69, 9.17) is 24.6 Å². The number of benzene rings is 4. The van der Waals surface area contributed by atoms with Crippen LogP contribution >= 0.6 is 0 Å². The lowest BCUT2D eigenvalue weighted by molar-refractivity contribution is 0.350. The Kier molecular flexibility index (Phi) is 6.46. The number of hydrogen-bond acceptors (Lipinski definition) is 7. The van der Waals surface area contributed by atoms with E-state index in [1.165, 1.54) is 0 Å². The second-order valence-electron chi connectivity index (χ2n) is 10.8. The van der Waals surface area contributed by atoms with Crippen LogP contribution in [0.3, 0.4) is 0 Å². The Morgan fingerprint density at radius 3 is 2.37 bits per heavy atom. The predicted octanol–water partition coefficient (Wildman–Crippen LogP) is 7.61. The SMILES string of the molecule is COc1cccc([C@H]2c3c(C)nn(-c4ccccc4)c3N=C3C(Nc4cc(C)ccc4C)=Nc4ccccc4N32)c1OC. The Bertz CT molecular complexity index is 1920. The van der Waals surface area contributed by atoms with E-state index in [0.717, 1.165) is 56.5 Å². The van der Waals surface area contributed by atoms with Crippen LogP contribution in [0, 0.1) is 20.8 Å². The maximum atomic E-state index is 6.02. The molecule has 0 unspecified atom stereocenters. The third kappa shape index (κ3) is 4.34. The Labute approximate surface area is 251 Å². The second-order valence-corrected chi connectivity index (χ2v) is 10.8. The summed E-state index contributed by atoms with van der Waals surface area (Å²) >= 11 is 0. The average molecular weight is 569 g/mol. The first-order valence-electron chi connectivity index (χ1n) is 14.2. The number of nitrogens with zero attached hydrogens (tertiary/aromatic N) is 5. The fourth-order valence-corrected chi connectivity index (χ4v) is 5.97. The number of aliphatic imine (C=N–C) groups is 2. The Balaban J connectivity index is 1.53. The van der Waals surface area contributed by atoms with Gasteiger partial charge in [0.05, 0.1) is 43.0 Å². The van der Waals surface area contributed by atoms with Crippen LogP contribution in [-0.2, 0) is 0 Å². The van der Waals surface area contributed by atoms with Gasteiger partial charge in [-0.1, -0.05) is 54.6 Å². The smallest absolute Gasteiger partial charge is 0.179 e. The summed E-state index contributed by atoms with van der Waals surface area (Å²) in [5, 5.41) is 8.68. The maximum Gasteiger partial charge on any atom is 0.179 e. The monoisotopic (exact) mass is 568 g/mol. The van der Waals surface area contributed by atoms with E-state index in [1.807, 2.05) is 72.3 Å². The number of para-hydroxylation sites is 4. The fourth-order valence-electron chi connectivity index (χ4n) is 5.97. The van der Waals surface area contributed by atoms with Crippen LogP contribution in [0.2, 0.25) is 0 Å². The van der Waals surface area contributed by atoms with Crippen LogP contribution in [0.25, 0.3) is 5.69 Å². The Hall–Kier alpha value is -5.37. The van der Waals surface area contributed by atoms with Crippen molar-refractivity contribution in [1.82, 2.24) is 9.78 Å². The highest BCUT2D eigenvalue weighted by atomic mass is 16.5. The van der Waals surface area contributed by atoms with Gasteiger partial charge >= 0.3 is 0 Å². The van der Waals surface area contributed by atoms with Crippen molar-refractivity contribution in [2.24, 2.45) is 9.98 Å². The Morgan fingerprint density at radius 1 is 0.791 bits per heavy atom. The number of amidine groups is 2. The molecule has 1 atom stereocenters. The highest BCUT2D eigenvalue weighted by molar-refractivity contribution is 6.51. The topological polar surface area (TPSA) is 76.3 Å². The van der Waals surface area contributed by atoms with E-state index in [1.54, 1.807) is 14.2 Å². The van der Waals surface area contributed by atoms with Gasteiger partial charge in [-0.25, -0.2) is 14.7 Å². The van der Waals surface area contributed by atoms with Crippen LogP contribution in [-0.4, -0.2) is 35.7 Å². The van der Waals surface area contributed by atoms with Gasteiger partial charge in [0.2, 0.25) is 0 Å². The van der Waals surface area contributed by atoms with Crippen molar-refractivity contribution in [2.75, 3.05) is 24.4 Å². The number of anilines is 2. The summed E-state index contributed by atoms with van der Waals surface area (Å²) in [5.41, 5.74) is 8.78. The normalized spacial score (nSPS) is 15.1. The summed E-state index contributed by atoms with van der Waals surface area (Å²) in [6, 6.07) is 30.3. The van der Waals surface area contributed by atoms with Crippen molar-refractivity contribution >= 4 is 34.6 Å². The van der Waals surface area contributed by atoms with E-state index in [9.17, 15) is 0 Å². The highest BCUT2D eigenvalue weighted by Crippen LogP contribution is 2.51. The van der Waals surface area contributed by atoms with Crippen LogP contribution < -0.4 is 19.7 Å². The summed E-state index contributed by atoms with van der Waals surface area (Å²) in [5.74, 6) is 3.42. The summed E-state index contributed by atoms with van der Waals surface area (Å²) in [7, 11) is 3.34. The van der Waals surface area contributed by atoms with E-state index < -0.39 is 0 Å². The first-order chi connectivity index (χ1) is 21.0. The van der Waals surface area contributed by atoms with Gasteiger partial charge in [0.25, 0.3) is 0 Å². The van der Waals surface area contributed by atoms with E-state index in [0.29, 0.717) is 23.2 Å². The molecular weight excluding hydrogens is 536 g/mol. The number of rotatable bonds is 5. The molecule has 0 radical (unpaired) electrons. The molecule has 7 rings (SSSR count). The zero-order valence-corrected chi connectivity index (χ0v) is 24.8. The van der Waals surface area contributed by atoms with Gasteiger partial charge < -0.3 is 19.7 Å². The molecule has 0 spiro atoms. The van der Waals surface area contributed by atoms with E-state index >= 15 is 0 Å². The minimum absolute atomic E-state index is 0.336. The van der Waals surface area contributed by atoms with Crippen molar-refractivity contribution in [1.29, 1.82) is 0 Å². The summed E-state index contributed by atoms with van der Waals surface area (Å²) in [6.45, 7) is 6.22. The molecule has 0 amide bonds. The lowest BCUT2D eigenvalue weighted by atomic mass is 9.92. The molecule has 4 aromatic carbocycles. The van der Waals surface area contributed by atoms with Crippen molar-refractivity contribution in [3.8, 4) is 17.2 Å². The quantitative estimate of drug-likeness (QED) is 0.236. The predicted molar refractivity (Wildman–Crippen MR) is 172 cm³/mol. The van der Waals surface area contributed by atoms with Crippen LogP contribution in [0.15, 0.2) is 101 Å². The van der Waals surface area contributed by atoms with Crippen LogP contribution in [0.5, 0.6) is 11.5 Å². The largest absolute Gasteiger partial charge is 0.493 e. The molecule has 214 valence electrons. The summed E-state index contributed by atoms with van der Waals surface area (Å²) in [6.07, 6.45) is 0. The van der Waals surface area contributed by atoms with Gasteiger partial charge in [0, 0.05) is 16.8 Å². The lowest BCUT2D eigenvalue weighted by Gasteiger charge is -2.41. The van der Waals surface area contributed by atoms with E-state index in [2.05, 4.69) is 54.4 Å². The fraction of sp³-hybridized carbons (Fsp3) is 0.171. The molecule has 0 aliphatic carbocycles. The number of aryl methyl sites for hydroxylation is 3. The standard InChI is InChI=1S/C35H32N6O2/c1-21-18-19-22(2)27(20-21)37-33-35-38-34-30(23(3)39-41(34)24-12-7-6-8-13-24)31(25-14-11-17-29(42-4)32(25)43-5)40(35)28-16-10-9-15-26(28)36-33/h6-20,31H,1-5H3,(H,36,37)/t31-/m0/s1. The van der Waals surface area contributed by atoms with Gasteiger partial charge in [0.15, 0.2) is 29.0 Å². The van der Waals surface area contributed by atoms with Gasteiger partial charge in [-0.3, -0.25) is 0 Å². The second kappa shape index (κ2) is 10.5. The zero-order valence-electron chi connectivity index (χ0n) is 24.8. The number of nitrogens with one attached hydrogen (secondary N) is 1. The van der Waals surface area contributed by atoms with Crippen LogP contribution in [0.1, 0.15) is 34.0 Å². The lowest BCUT2D eigenvalue weighted by Crippen LogP contribution is -2.46. The van der Waals surface area contributed by atoms with Crippen molar-refractivity contribution in [3.63, 3.8) is 0 Å². The first kappa shape index (κ1) is 26.5. The van der Waals surface area contributed by atoms with Gasteiger partial charge in [0.1, 0.15) is 0 Å². The third-order valence-corrected chi connectivity index (χ3v) is 8.01. The molecule has 2 aliphatic heterocycles. The molecule has 1 aromatic heterocycles. The molecule has 0 bridgehead atoms. The molecular formula is C35H32N6O2. The molecule has 0 fully saturated rings. The summed E-state index contributed by atoms with van der Waals surface area (Å²) < 4.78 is 13.7. The number of hydrogen-bond donors (Lipinski definition) is 1. The molecule has 8 heteroatoms.